The van der Waals surface area contributed by atoms with Gasteiger partial charge in [0.25, 0.3) is 0 Å². The molecule has 3 nitrogen and oxygen atoms in total. The zero-order valence-electron chi connectivity index (χ0n) is 8.88. The van der Waals surface area contributed by atoms with Crippen molar-refractivity contribution in [1.29, 1.82) is 0 Å². The summed E-state index contributed by atoms with van der Waals surface area (Å²) in [4.78, 5) is 0. The van der Waals surface area contributed by atoms with Gasteiger partial charge in [-0.05, 0) is 32.6 Å². The van der Waals surface area contributed by atoms with Crippen LogP contribution in [0.15, 0.2) is 0 Å². The molecule has 0 heterocycles. The molecule has 0 aliphatic carbocycles. The Hall–Kier alpha value is -0.120. The van der Waals surface area contributed by atoms with Crippen LogP contribution in [0.1, 0.15) is 39.5 Å². The fourth-order valence-electron chi connectivity index (χ4n) is 0.900. The highest BCUT2D eigenvalue weighted by atomic mass is 16.5. The third-order valence-electron chi connectivity index (χ3n) is 2.19. The minimum atomic E-state index is -0.184. The lowest BCUT2D eigenvalue weighted by atomic mass is 10.0. The number of nitrogens with two attached hydrogens (primary N) is 1. The van der Waals surface area contributed by atoms with Crippen LogP contribution in [0, 0.1) is 0 Å². The van der Waals surface area contributed by atoms with Gasteiger partial charge in [-0.15, -0.1) is 0 Å². The summed E-state index contributed by atoms with van der Waals surface area (Å²) >= 11 is 0. The predicted molar refractivity (Wildman–Crippen MR) is 54.6 cm³/mol. The van der Waals surface area contributed by atoms with E-state index >= 15 is 0 Å². The number of ether oxygens (including phenoxy) is 1. The van der Waals surface area contributed by atoms with Gasteiger partial charge < -0.3 is 15.6 Å². The van der Waals surface area contributed by atoms with Crippen LogP contribution in [0.2, 0.25) is 0 Å². The Morgan fingerprint density at radius 3 is 2.54 bits per heavy atom. The van der Waals surface area contributed by atoms with E-state index in [-0.39, 0.29) is 12.1 Å². The van der Waals surface area contributed by atoms with Gasteiger partial charge >= 0.3 is 0 Å². The van der Waals surface area contributed by atoms with Gasteiger partial charge in [0.2, 0.25) is 0 Å². The van der Waals surface area contributed by atoms with Crippen LogP contribution in [0.3, 0.4) is 0 Å². The summed E-state index contributed by atoms with van der Waals surface area (Å²) in [6.45, 7) is 5.73. The molecule has 80 valence electrons. The Bertz CT molecular complexity index is 115. The summed E-state index contributed by atoms with van der Waals surface area (Å²) in [6, 6.07) is 0. The van der Waals surface area contributed by atoms with Crippen molar-refractivity contribution in [3.63, 3.8) is 0 Å². The molecule has 3 N–H and O–H groups in total. The van der Waals surface area contributed by atoms with E-state index in [0.29, 0.717) is 6.61 Å². The van der Waals surface area contributed by atoms with Gasteiger partial charge in [-0.2, -0.15) is 0 Å². The number of unbranched alkanes of at least 4 members (excludes halogenated alkanes) is 2. The van der Waals surface area contributed by atoms with E-state index in [1.165, 1.54) is 0 Å². The molecule has 1 atom stereocenters. The largest absolute Gasteiger partial charge is 0.396 e. The van der Waals surface area contributed by atoms with E-state index in [0.717, 1.165) is 32.3 Å². The van der Waals surface area contributed by atoms with E-state index in [1.807, 2.05) is 6.92 Å². The quantitative estimate of drug-likeness (QED) is 0.566. The first-order chi connectivity index (χ1) is 6.12. The molecule has 0 saturated carbocycles. The lowest BCUT2D eigenvalue weighted by Gasteiger charge is -2.22. The number of aliphatic hydroxyl groups is 1. The van der Waals surface area contributed by atoms with Crippen molar-refractivity contribution in [1.82, 2.24) is 0 Å². The van der Waals surface area contributed by atoms with Gasteiger partial charge in [0.1, 0.15) is 0 Å². The van der Waals surface area contributed by atoms with Crippen LogP contribution in [-0.4, -0.2) is 30.5 Å². The molecule has 0 aromatic rings. The van der Waals surface area contributed by atoms with Crippen LogP contribution in [0.4, 0.5) is 0 Å². The standard InChI is InChI=1S/C10H23NO2/c1-3-10(2,11)9-13-8-6-4-5-7-12/h12H,3-9,11H2,1-2H3. The first kappa shape index (κ1) is 12.9. The summed E-state index contributed by atoms with van der Waals surface area (Å²) in [5, 5.41) is 8.53. The molecule has 0 bridgehead atoms. The fraction of sp³-hybridized carbons (Fsp3) is 1.00. The smallest absolute Gasteiger partial charge is 0.0643 e. The van der Waals surface area contributed by atoms with Crippen LogP contribution in [-0.2, 0) is 4.74 Å². The van der Waals surface area contributed by atoms with Crippen LogP contribution in [0.5, 0.6) is 0 Å². The number of hydrogen-bond donors (Lipinski definition) is 2. The van der Waals surface area contributed by atoms with E-state index in [4.69, 9.17) is 15.6 Å². The fourth-order valence-corrected chi connectivity index (χ4v) is 0.900. The van der Waals surface area contributed by atoms with Crippen LogP contribution < -0.4 is 5.73 Å². The highest BCUT2D eigenvalue weighted by molar-refractivity contribution is 4.75. The summed E-state index contributed by atoms with van der Waals surface area (Å²) in [5.74, 6) is 0. The number of rotatable bonds is 8. The second-order valence-corrected chi connectivity index (χ2v) is 3.84. The van der Waals surface area contributed by atoms with Crippen LogP contribution >= 0.6 is 0 Å². The zero-order valence-corrected chi connectivity index (χ0v) is 8.88. The minimum Gasteiger partial charge on any atom is -0.396 e. The molecule has 0 aliphatic rings. The number of aliphatic hydroxyl groups excluding tert-OH is 1. The second kappa shape index (κ2) is 7.30. The molecule has 0 aromatic heterocycles. The summed E-state index contributed by atoms with van der Waals surface area (Å²) in [5.41, 5.74) is 5.71. The highest BCUT2D eigenvalue weighted by Crippen LogP contribution is 2.05. The van der Waals surface area contributed by atoms with Gasteiger partial charge in [-0.1, -0.05) is 6.92 Å². The maximum Gasteiger partial charge on any atom is 0.0643 e. The molecule has 13 heavy (non-hydrogen) atoms. The third-order valence-corrected chi connectivity index (χ3v) is 2.19. The van der Waals surface area contributed by atoms with Crippen molar-refractivity contribution < 1.29 is 9.84 Å². The molecule has 0 aliphatic heterocycles. The van der Waals surface area contributed by atoms with Crippen molar-refractivity contribution in [2.75, 3.05) is 19.8 Å². The Balaban J connectivity index is 3.16. The average Bonchev–Trinajstić information content (AvgIpc) is 2.11. The third kappa shape index (κ3) is 8.22. The van der Waals surface area contributed by atoms with E-state index in [9.17, 15) is 0 Å². The Labute approximate surface area is 81.3 Å². The Morgan fingerprint density at radius 2 is 2.00 bits per heavy atom. The molecular weight excluding hydrogens is 166 g/mol. The van der Waals surface area contributed by atoms with Crippen molar-refractivity contribution >= 4 is 0 Å². The monoisotopic (exact) mass is 189 g/mol. The van der Waals surface area contributed by atoms with Gasteiger partial charge in [-0.3, -0.25) is 0 Å². The maximum atomic E-state index is 8.53. The summed E-state index contributed by atoms with van der Waals surface area (Å²) < 4.78 is 5.43. The first-order valence-corrected chi connectivity index (χ1v) is 5.10. The summed E-state index contributed by atoms with van der Waals surface area (Å²) in [6.07, 6.45) is 3.85. The second-order valence-electron chi connectivity index (χ2n) is 3.84. The normalized spacial score (nSPS) is 15.7. The average molecular weight is 189 g/mol. The Kier molecular flexibility index (Phi) is 7.23. The first-order valence-electron chi connectivity index (χ1n) is 5.10. The zero-order chi connectivity index (χ0) is 10.2. The van der Waals surface area contributed by atoms with Crippen molar-refractivity contribution in [2.24, 2.45) is 5.73 Å². The van der Waals surface area contributed by atoms with Crippen molar-refractivity contribution in [3.05, 3.63) is 0 Å². The molecule has 0 rings (SSSR count). The van der Waals surface area contributed by atoms with Gasteiger partial charge in [0, 0.05) is 18.8 Å². The molecule has 0 fully saturated rings. The van der Waals surface area contributed by atoms with Crippen molar-refractivity contribution in [2.45, 2.75) is 45.1 Å². The minimum absolute atomic E-state index is 0.184. The Morgan fingerprint density at radius 1 is 1.31 bits per heavy atom. The highest BCUT2D eigenvalue weighted by Gasteiger charge is 2.14. The lowest BCUT2D eigenvalue weighted by molar-refractivity contribution is 0.0858. The number of hydrogen-bond acceptors (Lipinski definition) is 3. The molecule has 0 amide bonds. The molecular formula is C10H23NO2. The summed E-state index contributed by atoms with van der Waals surface area (Å²) in [7, 11) is 0. The van der Waals surface area contributed by atoms with Gasteiger partial charge in [0.15, 0.2) is 0 Å². The van der Waals surface area contributed by atoms with Crippen molar-refractivity contribution in [3.8, 4) is 0 Å². The topological polar surface area (TPSA) is 55.5 Å². The predicted octanol–water partition coefficient (Wildman–Crippen LogP) is 1.29. The van der Waals surface area contributed by atoms with E-state index < -0.39 is 0 Å². The van der Waals surface area contributed by atoms with Crippen LogP contribution in [0.25, 0.3) is 0 Å². The maximum absolute atomic E-state index is 8.53. The molecule has 0 saturated heterocycles. The molecule has 3 heteroatoms. The molecule has 0 spiro atoms. The molecule has 1 unspecified atom stereocenters. The van der Waals surface area contributed by atoms with Gasteiger partial charge in [0.05, 0.1) is 6.61 Å². The SMILES string of the molecule is CCC(C)(N)COCCCCCO. The molecule has 0 aromatic carbocycles. The molecule has 0 radical (unpaired) electrons. The van der Waals surface area contributed by atoms with Gasteiger partial charge in [-0.25, -0.2) is 0 Å². The van der Waals surface area contributed by atoms with E-state index in [2.05, 4.69) is 6.92 Å². The lowest BCUT2D eigenvalue weighted by Crippen LogP contribution is -2.40. The van der Waals surface area contributed by atoms with E-state index in [1.54, 1.807) is 0 Å².